The van der Waals surface area contributed by atoms with Gasteiger partial charge in [0.1, 0.15) is 0 Å². The average Bonchev–Trinajstić information content (AvgIpc) is 2.30. The molecular formula is C16H24N2. The molecule has 1 aromatic carbocycles. The molecule has 0 saturated heterocycles. The van der Waals surface area contributed by atoms with Gasteiger partial charge in [-0.3, -0.25) is 4.90 Å². The quantitative estimate of drug-likeness (QED) is 0.789. The van der Waals surface area contributed by atoms with Crippen molar-refractivity contribution in [1.82, 2.24) is 4.90 Å². The molecule has 0 bridgehead atoms. The van der Waals surface area contributed by atoms with E-state index >= 15 is 0 Å². The summed E-state index contributed by atoms with van der Waals surface area (Å²) >= 11 is 0. The summed E-state index contributed by atoms with van der Waals surface area (Å²) in [6.45, 7) is 9.83. The van der Waals surface area contributed by atoms with Gasteiger partial charge >= 0.3 is 0 Å². The van der Waals surface area contributed by atoms with Gasteiger partial charge < -0.3 is 0 Å². The summed E-state index contributed by atoms with van der Waals surface area (Å²) in [6, 6.07) is 8.72. The molecule has 0 aliphatic carbocycles. The van der Waals surface area contributed by atoms with Crippen molar-refractivity contribution in [3.05, 3.63) is 34.9 Å². The van der Waals surface area contributed by atoms with Crippen molar-refractivity contribution in [2.75, 3.05) is 7.05 Å². The van der Waals surface area contributed by atoms with E-state index in [4.69, 9.17) is 5.26 Å². The van der Waals surface area contributed by atoms with E-state index in [0.717, 1.165) is 18.0 Å². The van der Waals surface area contributed by atoms with Crippen LogP contribution in [-0.2, 0) is 6.54 Å². The first kappa shape index (κ1) is 14.7. The van der Waals surface area contributed by atoms with E-state index in [9.17, 15) is 0 Å². The maximum atomic E-state index is 8.86. The summed E-state index contributed by atoms with van der Waals surface area (Å²) in [7, 11) is 2.17. The topological polar surface area (TPSA) is 27.0 Å². The number of rotatable bonds is 5. The van der Waals surface area contributed by atoms with E-state index in [1.807, 2.05) is 12.1 Å². The first-order chi connectivity index (χ1) is 8.43. The number of hydrogen-bond acceptors (Lipinski definition) is 2. The third kappa shape index (κ3) is 4.16. The Bertz CT molecular complexity index is 429. The van der Waals surface area contributed by atoms with Crippen molar-refractivity contribution >= 4 is 0 Å². The van der Waals surface area contributed by atoms with Crippen molar-refractivity contribution in [2.45, 2.75) is 46.7 Å². The maximum absolute atomic E-state index is 8.86. The van der Waals surface area contributed by atoms with Gasteiger partial charge in [-0.1, -0.05) is 19.9 Å². The molecule has 1 rings (SSSR count). The lowest BCUT2D eigenvalue weighted by molar-refractivity contribution is 0.220. The van der Waals surface area contributed by atoms with Gasteiger partial charge in [-0.15, -0.1) is 0 Å². The Morgan fingerprint density at radius 1 is 1.28 bits per heavy atom. The Labute approximate surface area is 111 Å². The molecule has 1 atom stereocenters. The lowest BCUT2D eigenvalue weighted by atomic mass is 10.0. The predicted molar refractivity (Wildman–Crippen MR) is 76.3 cm³/mol. The molecule has 0 radical (unpaired) electrons. The van der Waals surface area contributed by atoms with E-state index in [1.54, 1.807) is 0 Å². The second-order valence-electron chi connectivity index (χ2n) is 5.65. The predicted octanol–water partition coefficient (Wildman–Crippen LogP) is 3.73. The lowest BCUT2D eigenvalue weighted by Crippen LogP contribution is -2.30. The summed E-state index contributed by atoms with van der Waals surface area (Å²) in [5.74, 6) is 0.726. The SMILES string of the molecule is Cc1cc(C#N)ccc1CN(C)C(C)CC(C)C. The van der Waals surface area contributed by atoms with Gasteiger partial charge in [-0.25, -0.2) is 0 Å². The Morgan fingerprint density at radius 2 is 1.94 bits per heavy atom. The van der Waals surface area contributed by atoms with Crippen LogP contribution in [-0.4, -0.2) is 18.0 Å². The zero-order valence-corrected chi connectivity index (χ0v) is 12.2. The average molecular weight is 244 g/mol. The fraction of sp³-hybridized carbons (Fsp3) is 0.562. The van der Waals surface area contributed by atoms with E-state index in [0.29, 0.717) is 6.04 Å². The number of benzene rings is 1. The zero-order chi connectivity index (χ0) is 13.7. The fourth-order valence-corrected chi connectivity index (χ4v) is 2.23. The molecule has 0 aliphatic heterocycles. The maximum Gasteiger partial charge on any atom is 0.0991 e. The Morgan fingerprint density at radius 3 is 2.44 bits per heavy atom. The lowest BCUT2D eigenvalue weighted by Gasteiger charge is -2.26. The van der Waals surface area contributed by atoms with E-state index < -0.39 is 0 Å². The molecule has 18 heavy (non-hydrogen) atoms. The molecule has 0 saturated carbocycles. The summed E-state index contributed by atoms with van der Waals surface area (Å²) in [6.07, 6.45) is 1.21. The molecule has 0 N–H and O–H groups in total. The van der Waals surface area contributed by atoms with Crippen LogP contribution in [0.3, 0.4) is 0 Å². The molecule has 2 nitrogen and oxygen atoms in total. The second-order valence-corrected chi connectivity index (χ2v) is 5.65. The van der Waals surface area contributed by atoms with Gasteiger partial charge in [-0.2, -0.15) is 5.26 Å². The Kier molecular flexibility index (Phi) is 5.37. The van der Waals surface area contributed by atoms with Crippen molar-refractivity contribution < 1.29 is 0 Å². The van der Waals surface area contributed by atoms with Crippen molar-refractivity contribution in [3.63, 3.8) is 0 Å². The van der Waals surface area contributed by atoms with Crippen LogP contribution in [0.15, 0.2) is 18.2 Å². The molecule has 0 spiro atoms. The van der Waals surface area contributed by atoms with Gasteiger partial charge in [0.2, 0.25) is 0 Å². The van der Waals surface area contributed by atoms with Crippen LogP contribution < -0.4 is 0 Å². The number of nitrogens with zero attached hydrogens (tertiary/aromatic N) is 2. The van der Waals surface area contributed by atoms with E-state index in [2.05, 4.69) is 51.8 Å². The highest BCUT2D eigenvalue weighted by Crippen LogP contribution is 2.16. The normalized spacial score (nSPS) is 12.8. The van der Waals surface area contributed by atoms with Crippen LogP contribution in [0.25, 0.3) is 0 Å². The monoisotopic (exact) mass is 244 g/mol. The van der Waals surface area contributed by atoms with Crippen molar-refractivity contribution in [2.24, 2.45) is 5.92 Å². The molecule has 0 amide bonds. The molecule has 1 unspecified atom stereocenters. The van der Waals surface area contributed by atoms with E-state index in [-0.39, 0.29) is 0 Å². The van der Waals surface area contributed by atoms with Crippen LogP contribution in [0.2, 0.25) is 0 Å². The summed E-state index contributed by atoms with van der Waals surface area (Å²) in [5.41, 5.74) is 3.26. The largest absolute Gasteiger partial charge is 0.299 e. The van der Waals surface area contributed by atoms with Gasteiger partial charge in [0.25, 0.3) is 0 Å². The van der Waals surface area contributed by atoms with Gasteiger partial charge in [0.15, 0.2) is 0 Å². The van der Waals surface area contributed by atoms with Crippen LogP contribution >= 0.6 is 0 Å². The third-order valence-electron chi connectivity index (χ3n) is 3.46. The molecule has 2 heteroatoms. The van der Waals surface area contributed by atoms with Gasteiger partial charge in [0, 0.05) is 12.6 Å². The third-order valence-corrected chi connectivity index (χ3v) is 3.46. The molecule has 0 heterocycles. The highest BCUT2D eigenvalue weighted by molar-refractivity contribution is 5.37. The van der Waals surface area contributed by atoms with Crippen molar-refractivity contribution in [1.29, 1.82) is 5.26 Å². The molecule has 0 aliphatic rings. The number of aryl methyl sites for hydroxylation is 1. The standard InChI is InChI=1S/C16H24N2/c1-12(2)8-14(4)18(5)11-16-7-6-15(10-17)9-13(16)3/h6-7,9,12,14H,8,11H2,1-5H3. The van der Waals surface area contributed by atoms with Crippen LogP contribution in [0.1, 0.15) is 43.9 Å². The number of hydrogen-bond donors (Lipinski definition) is 0. The molecule has 1 aromatic rings. The van der Waals surface area contributed by atoms with E-state index in [1.165, 1.54) is 17.5 Å². The Balaban J connectivity index is 2.70. The minimum Gasteiger partial charge on any atom is -0.299 e. The summed E-state index contributed by atoms with van der Waals surface area (Å²) in [4.78, 5) is 2.38. The molecule has 0 fully saturated rings. The number of nitriles is 1. The molecular weight excluding hydrogens is 220 g/mol. The first-order valence-corrected chi connectivity index (χ1v) is 6.64. The highest BCUT2D eigenvalue weighted by Gasteiger charge is 2.12. The van der Waals surface area contributed by atoms with Crippen LogP contribution in [0, 0.1) is 24.2 Å². The van der Waals surface area contributed by atoms with Gasteiger partial charge in [-0.05, 0) is 56.5 Å². The summed E-state index contributed by atoms with van der Waals surface area (Å²) < 4.78 is 0. The first-order valence-electron chi connectivity index (χ1n) is 6.64. The second kappa shape index (κ2) is 6.56. The summed E-state index contributed by atoms with van der Waals surface area (Å²) in [5, 5.41) is 8.86. The molecule has 0 aromatic heterocycles. The minimum absolute atomic E-state index is 0.583. The smallest absolute Gasteiger partial charge is 0.0991 e. The Hall–Kier alpha value is -1.33. The molecule has 98 valence electrons. The van der Waals surface area contributed by atoms with Crippen LogP contribution in [0.5, 0.6) is 0 Å². The minimum atomic E-state index is 0.583. The van der Waals surface area contributed by atoms with Crippen molar-refractivity contribution in [3.8, 4) is 6.07 Å². The van der Waals surface area contributed by atoms with Gasteiger partial charge in [0.05, 0.1) is 11.6 Å². The zero-order valence-electron chi connectivity index (χ0n) is 12.2. The van der Waals surface area contributed by atoms with Crippen LogP contribution in [0.4, 0.5) is 0 Å². The highest BCUT2D eigenvalue weighted by atomic mass is 15.1. The fourth-order valence-electron chi connectivity index (χ4n) is 2.23.